The molecule has 0 fully saturated rings. The van der Waals surface area contributed by atoms with Crippen LogP contribution in [-0.4, -0.2) is 71.6 Å². The van der Waals surface area contributed by atoms with Crippen molar-refractivity contribution in [2.24, 2.45) is 5.92 Å². The van der Waals surface area contributed by atoms with E-state index < -0.39 is 10.1 Å². The van der Waals surface area contributed by atoms with Gasteiger partial charge in [-0.25, -0.2) is 0 Å². The highest BCUT2D eigenvalue weighted by molar-refractivity contribution is 7.85. The molecule has 0 aliphatic carbocycles. The fraction of sp³-hybridized carbons (Fsp3) is 1.00. The van der Waals surface area contributed by atoms with Gasteiger partial charge in [0, 0.05) is 13.2 Å². The lowest BCUT2D eigenvalue weighted by atomic mass is 9.95. The molecule has 0 radical (unpaired) electrons. The summed E-state index contributed by atoms with van der Waals surface area (Å²) >= 11 is 0. The molecule has 0 aromatic heterocycles. The summed E-state index contributed by atoms with van der Waals surface area (Å²) in [5, 5.41) is 0. The highest BCUT2D eigenvalue weighted by Gasteiger charge is 2.09. The van der Waals surface area contributed by atoms with Crippen LogP contribution in [0.25, 0.3) is 0 Å². The third-order valence-corrected chi connectivity index (χ3v) is 6.40. The predicted octanol–water partition coefficient (Wildman–Crippen LogP) is 5.67. The highest BCUT2D eigenvalue weighted by atomic mass is 32.2. The molecule has 33 heavy (non-hydrogen) atoms. The van der Waals surface area contributed by atoms with Crippen LogP contribution in [0.1, 0.15) is 97.3 Å². The van der Waals surface area contributed by atoms with Crippen molar-refractivity contribution in [2.75, 3.05) is 58.6 Å². The molecule has 0 amide bonds. The highest BCUT2D eigenvalue weighted by Crippen LogP contribution is 2.19. The summed E-state index contributed by atoms with van der Waals surface area (Å²) in [5.74, 6) is 0.399. The van der Waals surface area contributed by atoms with E-state index in [9.17, 15) is 8.42 Å². The van der Waals surface area contributed by atoms with Crippen LogP contribution in [0.15, 0.2) is 0 Å². The number of unbranched alkanes of at least 4 members (excludes halogenated alkanes) is 8. The Labute approximate surface area is 204 Å². The molecule has 8 heteroatoms. The normalized spacial score (nSPS) is 12.9. The molecule has 0 aromatic carbocycles. The molecule has 0 bridgehead atoms. The van der Waals surface area contributed by atoms with Gasteiger partial charge in [-0.1, -0.05) is 78.1 Å². The van der Waals surface area contributed by atoms with Crippen LogP contribution in [0.4, 0.5) is 0 Å². The third-order valence-electron chi connectivity index (χ3n) is 5.59. The van der Waals surface area contributed by atoms with Crippen molar-refractivity contribution in [1.29, 1.82) is 0 Å². The summed E-state index contributed by atoms with van der Waals surface area (Å²) in [6.07, 6.45) is 16.2. The molecule has 1 unspecified atom stereocenters. The quantitative estimate of drug-likeness (QED) is 0.116. The van der Waals surface area contributed by atoms with Crippen molar-refractivity contribution in [3.05, 3.63) is 0 Å². The summed E-state index contributed by atoms with van der Waals surface area (Å²) in [6, 6.07) is 0. The van der Waals surface area contributed by atoms with Crippen molar-refractivity contribution >= 4 is 10.1 Å². The monoisotopic (exact) mass is 496 g/mol. The minimum absolute atomic E-state index is 0.275. The van der Waals surface area contributed by atoms with Gasteiger partial charge in [0.2, 0.25) is 0 Å². The Hall–Kier alpha value is -0.250. The van der Waals surface area contributed by atoms with E-state index in [1.54, 1.807) is 0 Å². The minimum atomic E-state index is -3.90. The second kappa shape index (κ2) is 24.9. The second-order valence-electron chi connectivity index (χ2n) is 8.82. The zero-order chi connectivity index (χ0) is 24.5. The number of hydrogen-bond donors (Lipinski definition) is 1. The lowest BCUT2D eigenvalue weighted by Crippen LogP contribution is -2.15. The maximum absolute atomic E-state index is 10.6. The van der Waals surface area contributed by atoms with E-state index in [0.717, 1.165) is 6.61 Å². The lowest BCUT2D eigenvalue weighted by Gasteiger charge is -2.17. The van der Waals surface area contributed by atoms with Gasteiger partial charge in [0.15, 0.2) is 0 Å². The smallest absolute Gasteiger partial charge is 0.264 e. The Morgan fingerprint density at radius 1 is 0.576 bits per heavy atom. The summed E-state index contributed by atoms with van der Waals surface area (Å²) in [5.41, 5.74) is 0. The lowest BCUT2D eigenvalue weighted by molar-refractivity contribution is -0.00678. The number of rotatable bonds is 27. The van der Waals surface area contributed by atoms with Crippen LogP contribution in [0.2, 0.25) is 0 Å². The first-order valence-corrected chi connectivity index (χ1v) is 14.9. The Bertz CT molecular complexity index is 485. The first kappa shape index (κ1) is 32.8. The molecule has 0 heterocycles. The van der Waals surface area contributed by atoms with E-state index >= 15 is 0 Å². The topological polar surface area (TPSA) is 91.3 Å². The fourth-order valence-electron chi connectivity index (χ4n) is 3.64. The minimum Gasteiger partial charge on any atom is -0.379 e. The number of ether oxygens (including phenoxy) is 4. The van der Waals surface area contributed by atoms with Gasteiger partial charge in [0.25, 0.3) is 10.1 Å². The molecule has 1 atom stereocenters. The van der Waals surface area contributed by atoms with E-state index in [0.29, 0.717) is 45.6 Å². The van der Waals surface area contributed by atoms with Crippen LogP contribution in [0, 0.1) is 5.92 Å². The predicted molar refractivity (Wildman–Crippen MR) is 135 cm³/mol. The van der Waals surface area contributed by atoms with E-state index in [4.69, 9.17) is 23.5 Å². The van der Waals surface area contributed by atoms with Crippen molar-refractivity contribution < 1.29 is 31.9 Å². The van der Waals surface area contributed by atoms with Gasteiger partial charge in [-0.3, -0.25) is 4.55 Å². The van der Waals surface area contributed by atoms with Gasteiger partial charge in [-0.2, -0.15) is 8.42 Å². The molecule has 1 N–H and O–H groups in total. The van der Waals surface area contributed by atoms with Crippen molar-refractivity contribution in [3.8, 4) is 0 Å². The first-order valence-electron chi connectivity index (χ1n) is 13.3. The maximum atomic E-state index is 10.6. The van der Waals surface area contributed by atoms with Gasteiger partial charge < -0.3 is 18.9 Å². The second-order valence-corrected chi connectivity index (χ2v) is 10.4. The molecule has 0 aliphatic heterocycles. The van der Waals surface area contributed by atoms with Crippen LogP contribution < -0.4 is 0 Å². The van der Waals surface area contributed by atoms with Gasteiger partial charge in [-0.15, -0.1) is 0 Å². The van der Waals surface area contributed by atoms with E-state index in [-0.39, 0.29) is 18.8 Å². The zero-order valence-electron chi connectivity index (χ0n) is 21.4. The molecule has 0 saturated heterocycles. The van der Waals surface area contributed by atoms with Gasteiger partial charge in [0.05, 0.1) is 45.4 Å². The Balaban J connectivity index is 3.60. The zero-order valence-corrected chi connectivity index (χ0v) is 22.3. The van der Waals surface area contributed by atoms with Crippen LogP contribution in [-0.2, 0) is 29.1 Å². The summed E-state index contributed by atoms with van der Waals surface area (Å²) in [7, 11) is -3.90. The fourth-order valence-corrected chi connectivity index (χ4v) is 4.12. The average molecular weight is 497 g/mol. The molecule has 0 spiro atoms. The largest absolute Gasteiger partial charge is 0.379 e. The van der Waals surface area contributed by atoms with Crippen molar-refractivity contribution in [3.63, 3.8) is 0 Å². The summed E-state index contributed by atoms with van der Waals surface area (Å²) in [6.45, 7) is 8.69. The molecular weight excluding hydrogens is 444 g/mol. The van der Waals surface area contributed by atoms with Gasteiger partial charge >= 0.3 is 0 Å². The molecule has 200 valence electrons. The molecule has 7 nitrogen and oxygen atoms in total. The Morgan fingerprint density at radius 3 is 1.52 bits per heavy atom. The third kappa shape index (κ3) is 27.9. The van der Waals surface area contributed by atoms with E-state index in [1.807, 2.05) is 0 Å². The number of hydrogen-bond acceptors (Lipinski definition) is 6. The van der Waals surface area contributed by atoms with Crippen LogP contribution >= 0.6 is 0 Å². The van der Waals surface area contributed by atoms with Crippen LogP contribution in [0.5, 0.6) is 0 Å². The molecule has 0 saturated carbocycles. The Morgan fingerprint density at radius 2 is 1.00 bits per heavy atom. The first-order chi connectivity index (χ1) is 16.0. The van der Waals surface area contributed by atoms with Crippen molar-refractivity contribution in [1.82, 2.24) is 0 Å². The van der Waals surface area contributed by atoms with Gasteiger partial charge in [-0.05, 0) is 25.2 Å². The van der Waals surface area contributed by atoms with Crippen LogP contribution in [0.3, 0.4) is 0 Å². The average Bonchev–Trinajstić information content (AvgIpc) is 2.77. The summed E-state index contributed by atoms with van der Waals surface area (Å²) < 4.78 is 51.9. The Kier molecular flexibility index (Phi) is 24.7. The molecule has 0 aromatic rings. The van der Waals surface area contributed by atoms with E-state index in [1.165, 1.54) is 77.0 Å². The van der Waals surface area contributed by atoms with E-state index in [2.05, 4.69) is 13.8 Å². The van der Waals surface area contributed by atoms with Gasteiger partial charge in [0.1, 0.15) is 0 Å². The van der Waals surface area contributed by atoms with Crippen molar-refractivity contribution in [2.45, 2.75) is 97.3 Å². The maximum Gasteiger partial charge on any atom is 0.264 e. The molecular formula is C25H52O7S. The summed E-state index contributed by atoms with van der Waals surface area (Å²) in [4.78, 5) is 0. The SMILES string of the molecule is CCCCCCCCC(CCCCCC)COCCOCCOCCOCCCS(=O)(=O)O. The molecule has 0 aliphatic rings. The standard InChI is InChI=1S/C25H52O7S/c1-3-5-7-9-10-12-15-25(14-11-8-6-4-2)24-32-22-21-31-20-19-30-18-17-29-16-13-23-33(26,27)28/h25H,3-24H2,1-2H3,(H,26,27,28). The molecule has 0 rings (SSSR count).